The van der Waals surface area contributed by atoms with E-state index in [0.29, 0.717) is 16.3 Å². The van der Waals surface area contributed by atoms with Crippen LogP contribution in [0.2, 0.25) is 5.02 Å². The maximum absolute atomic E-state index is 11.5. The molecule has 0 radical (unpaired) electrons. The van der Waals surface area contributed by atoms with E-state index in [1.165, 1.54) is 0 Å². The summed E-state index contributed by atoms with van der Waals surface area (Å²) in [6, 6.07) is 6.62. The topological polar surface area (TPSA) is 26.3 Å². The summed E-state index contributed by atoms with van der Waals surface area (Å²) in [6.45, 7) is 0. The summed E-state index contributed by atoms with van der Waals surface area (Å²) in [5.74, 6) is 0.0568. The van der Waals surface area contributed by atoms with Gasteiger partial charge in [0.15, 0.2) is 0 Å². The van der Waals surface area contributed by atoms with Gasteiger partial charge in [-0.2, -0.15) is 0 Å². The lowest BCUT2D eigenvalue weighted by molar-refractivity contribution is -0.129. The first kappa shape index (κ1) is 9.78. The van der Waals surface area contributed by atoms with Gasteiger partial charge in [0.05, 0.1) is 0 Å². The minimum absolute atomic E-state index is 0.415. The van der Waals surface area contributed by atoms with Gasteiger partial charge in [0, 0.05) is 5.02 Å². The van der Waals surface area contributed by atoms with Crippen molar-refractivity contribution in [2.75, 3.05) is 0 Å². The van der Waals surface area contributed by atoms with Crippen molar-refractivity contribution >= 4 is 17.6 Å². The standard InChI is InChI=1S/C12H7ClO2/c13-10-5-7-11(8-6-10)15-12(14)9-3-1-2-4-9/h1-3,5-8H. The second kappa shape index (κ2) is 4.18. The van der Waals surface area contributed by atoms with Gasteiger partial charge in [-0.1, -0.05) is 17.7 Å². The number of benzene rings is 1. The molecule has 0 saturated carbocycles. The quantitative estimate of drug-likeness (QED) is 0.434. The summed E-state index contributed by atoms with van der Waals surface area (Å²) in [4.78, 5) is 11.5. The fourth-order valence-electron chi connectivity index (χ4n) is 1.12. The summed E-state index contributed by atoms with van der Waals surface area (Å²) in [5.41, 5.74) is 3.19. The third kappa shape index (κ3) is 2.38. The zero-order valence-corrected chi connectivity index (χ0v) is 8.49. The normalized spacial score (nSPS) is 12.7. The first-order chi connectivity index (χ1) is 7.25. The molecule has 1 aliphatic rings. The van der Waals surface area contributed by atoms with Crippen LogP contribution in [0, 0.1) is 0 Å². The Labute approximate surface area is 92.1 Å². The van der Waals surface area contributed by atoms with Crippen molar-refractivity contribution in [1.82, 2.24) is 0 Å². The van der Waals surface area contributed by atoms with Crippen LogP contribution in [0.3, 0.4) is 0 Å². The molecule has 0 aromatic heterocycles. The van der Waals surface area contributed by atoms with Crippen LogP contribution in [0.1, 0.15) is 0 Å². The van der Waals surface area contributed by atoms with Gasteiger partial charge in [-0.3, -0.25) is 0 Å². The van der Waals surface area contributed by atoms with Crippen molar-refractivity contribution < 1.29 is 9.53 Å². The van der Waals surface area contributed by atoms with Crippen molar-refractivity contribution in [3.8, 4) is 5.75 Å². The zero-order valence-electron chi connectivity index (χ0n) is 7.74. The van der Waals surface area contributed by atoms with Crippen LogP contribution in [0.4, 0.5) is 0 Å². The van der Waals surface area contributed by atoms with E-state index in [2.05, 4.69) is 5.73 Å². The van der Waals surface area contributed by atoms with Crippen molar-refractivity contribution in [3.05, 3.63) is 58.8 Å². The van der Waals surface area contributed by atoms with Gasteiger partial charge >= 0.3 is 5.97 Å². The van der Waals surface area contributed by atoms with Crippen molar-refractivity contribution in [2.24, 2.45) is 0 Å². The van der Waals surface area contributed by atoms with Crippen LogP contribution < -0.4 is 4.74 Å². The van der Waals surface area contributed by atoms with E-state index in [-0.39, 0.29) is 0 Å². The van der Waals surface area contributed by atoms with E-state index in [1.807, 2.05) is 0 Å². The summed E-state index contributed by atoms with van der Waals surface area (Å²) in [7, 11) is 0. The molecule has 0 aliphatic heterocycles. The predicted octanol–water partition coefficient (Wildman–Crippen LogP) is 2.90. The second-order valence-corrected chi connectivity index (χ2v) is 3.36. The smallest absolute Gasteiger partial charge is 0.351 e. The van der Waals surface area contributed by atoms with Gasteiger partial charge in [-0.25, -0.2) is 4.79 Å². The highest BCUT2D eigenvalue weighted by molar-refractivity contribution is 6.30. The molecule has 74 valence electrons. The molecule has 0 N–H and O–H groups in total. The summed E-state index contributed by atoms with van der Waals surface area (Å²) >= 11 is 5.70. The fourth-order valence-corrected chi connectivity index (χ4v) is 1.25. The van der Waals surface area contributed by atoms with Crippen LogP contribution in [0.15, 0.2) is 53.8 Å². The Balaban J connectivity index is 2.09. The lowest BCUT2D eigenvalue weighted by Crippen LogP contribution is -2.08. The maximum atomic E-state index is 11.5. The van der Waals surface area contributed by atoms with Crippen LogP contribution in [0.5, 0.6) is 5.75 Å². The van der Waals surface area contributed by atoms with Gasteiger partial charge in [0.1, 0.15) is 11.3 Å². The predicted molar refractivity (Wildman–Crippen MR) is 57.8 cm³/mol. The average Bonchev–Trinajstić information content (AvgIpc) is 2.74. The minimum atomic E-state index is -0.415. The summed E-state index contributed by atoms with van der Waals surface area (Å²) in [5, 5.41) is 0.606. The van der Waals surface area contributed by atoms with Gasteiger partial charge in [0.25, 0.3) is 0 Å². The molecule has 0 unspecified atom stereocenters. The van der Waals surface area contributed by atoms with Crippen molar-refractivity contribution in [2.45, 2.75) is 0 Å². The highest BCUT2D eigenvalue weighted by Gasteiger charge is 2.09. The molecule has 0 atom stereocenters. The van der Waals surface area contributed by atoms with E-state index in [0.717, 1.165) is 0 Å². The molecule has 1 aliphatic carbocycles. The molecule has 2 nitrogen and oxygen atoms in total. The van der Waals surface area contributed by atoms with Crippen molar-refractivity contribution in [3.63, 3.8) is 0 Å². The Kier molecular flexibility index (Phi) is 2.72. The molecule has 0 fully saturated rings. The minimum Gasteiger partial charge on any atom is -0.422 e. The third-order valence-corrected chi connectivity index (χ3v) is 2.09. The van der Waals surface area contributed by atoms with Gasteiger partial charge in [0.2, 0.25) is 0 Å². The van der Waals surface area contributed by atoms with Crippen LogP contribution in [-0.2, 0) is 4.79 Å². The number of carbonyl (C=O) groups excluding carboxylic acids is 1. The number of halogens is 1. The largest absolute Gasteiger partial charge is 0.422 e. The zero-order chi connectivity index (χ0) is 10.7. The Bertz CT molecular complexity index is 477. The van der Waals surface area contributed by atoms with Gasteiger partial charge < -0.3 is 4.74 Å². The molecular weight excluding hydrogens is 212 g/mol. The SMILES string of the molecule is O=C(Oc1ccc(Cl)cc1)C1=C=CC=C1. The monoisotopic (exact) mass is 218 g/mol. The number of esters is 1. The average molecular weight is 219 g/mol. The third-order valence-electron chi connectivity index (χ3n) is 1.84. The van der Waals surface area contributed by atoms with Crippen molar-refractivity contribution in [1.29, 1.82) is 0 Å². The maximum Gasteiger partial charge on any atom is 0.351 e. The second-order valence-electron chi connectivity index (χ2n) is 2.93. The molecule has 1 aromatic rings. The molecular formula is C12H7ClO2. The highest BCUT2D eigenvalue weighted by Crippen LogP contribution is 2.17. The number of rotatable bonds is 2. The van der Waals surface area contributed by atoms with Gasteiger partial charge in [-0.15, -0.1) is 5.73 Å². The Morgan fingerprint density at radius 3 is 2.60 bits per heavy atom. The fraction of sp³-hybridized carbons (Fsp3) is 0. The van der Waals surface area contributed by atoms with Crippen LogP contribution >= 0.6 is 11.6 Å². The van der Waals surface area contributed by atoms with E-state index in [1.54, 1.807) is 42.5 Å². The molecule has 0 saturated heterocycles. The number of hydrogen-bond acceptors (Lipinski definition) is 2. The molecule has 15 heavy (non-hydrogen) atoms. The molecule has 0 bridgehead atoms. The number of allylic oxidation sites excluding steroid dienone is 1. The Hall–Kier alpha value is -1.76. The molecule has 0 heterocycles. The summed E-state index contributed by atoms with van der Waals surface area (Å²) < 4.78 is 5.08. The number of hydrogen-bond donors (Lipinski definition) is 0. The molecule has 2 rings (SSSR count). The first-order valence-corrected chi connectivity index (χ1v) is 4.74. The Morgan fingerprint density at radius 2 is 2.00 bits per heavy atom. The first-order valence-electron chi connectivity index (χ1n) is 4.37. The molecule has 3 heteroatoms. The lowest BCUT2D eigenvalue weighted by atomic mass is 10.3. The Morgan fingerprint density at radius 1 is 1.27 bits per heavy atom. The van der Waals surface area contributed by atoms with E-state index in [9.17, 15) is 4.79 Å². The van der Waals surface area contributed by atoms with E-state index < -0.39 is 5.97 Å². The van der Waals surface area contributed by atoms with E-state index >= 15 is 0 Å². The summed E-state index contributed by atoms with van der Waals surface area (Å²) in [6.07, 6.45) is 5.05. The molecule has 1 aromatic carbocycles. The van der Waals surface area contributed by atoms with Crippen LogP contribution in [0.25, 0.3) is 0 Å². The van der Waals surface area contributed by atoms with Crippen LogP contribution in [-0.4, -0.2) is 5.97 Å². The number of carbonyl (C=O) groups is 1. The lowest BCUT2D eigenvalue weighted by Gasteiger charge is -2.02. The highest BCUT2D eigenvalue weighted by atomic mass is 35.5. The number of ether oxygens (including phenoxy) is 1. The van der Waals surface area contributed by atoms with E-state index in [4.69, 9.17) is 16.3 Å². The molecule has 0 spiro atoms. The van der Waals surface area contributed by atoms with Gasteiger partial charge in [-0.05, 0) is 36.4 Å². The molecule has 0 amide bonds.